The lowest BCUT2D eigenvalue weighted by molar-refractivity contribution is 0.493. The molecule has 1 aliphatic rings. The summed E-state index contributed by atoms with van der Waals surface area (Å²) >= 11 is 1.76. The van der Waals surface area contributed by atoms with Crippen molar-refractivity contribution in [3.8, 4) is 0 Å². The number of hydrogen-bond donors (Lipinski definition) is 1. The second-order valence-corrected chi connectivity index (χ2v) is 5.86. The van der Waals surface area contributed by atoms with Crippen LogP contribution in [0.15, 0.2) is 10.4 Å². The Bertz CT molecular complexity index is 413. The molecule has 0 bridgehead atoms. The Kier molecular flexibility index (Phi) is 8.44. The molecule has 0 saturated carbocycles. The van der Waals surface area contributed by atoms with Gasteiger partial charge in [-0.3, -0.25) is 4.99 Å². The Hall–Kier alpha value is -0.370. The van der Waals surface area contributed by atoms with E-state index in [0.717, 1.165) is 50.7 Å². The van der Waals surface area contributed by atoms with Gasteiger partial charge in [0, 0.05) is 43.7 Å². The van der Waals surface area contributed by atoms with Gasteiger partial charge in [0.05, 0.1) is 5.01 Å². The first-order chi connectivity index (χ1) is 9.29. The monoisotopic (exact) mass is 408 g/mol. The molecule has 0 radical (unpaired) electrons. The van der Waals surface area contributed by atoms with E-state index in [2.05, 4.69) is 34.4 Å². The number of aromatic nitrogens is 1. The van der Waals surface area contributed by atoms with Crippen molar-refractivity contribution < 1.29 is 0 Å². The highest BCUT2D eigenvalue weighted by Gasteiger charge is 2.15. The molecule has 20 heavy (non-hydrogen) atoms. The zero-order chi connectivity index (χ0) is 13.5. The van der Waals surface area contributed by atoms with Gasteiger partial charge in [0.15, 0.2) is 5.96 Å². The smallest absolute Gasteiger partial charge is 0.193 e. The van der Waals surface area contributed by atoms with Crippen LogP contribution >= 0.6 is 35.3 Å². The number of nitrogens with zero attached hydrogens (tertiary/aromatic N) is 3. The van der Waals surface area contributed by atoms with E-state index in [9.17, 15) is 0 Å². The molecule has 1 aromatic heterocycles. The molecule has 6 heteroatoms. The third kappa shape index (κ3) is 5.55. The van der Waals surface area contributed by atoms with Gasteiger partial charge >= 0.3 is 0 Å². The largest absolute Gasteiger partial charge is 0.357 e. The van der Waals surface area contributed by atoms with E-state index in [4.69, 9.17) is 4.99 Å². The van der Waals surface area contributed by atoms with Gasteiger partial charge in [0.25, 0.3) is 0 Å². The van der Waals surface area contributed by atoms with Gasteiger partial charge in [-0.25, -0.2) is 4.98 Å². The van der Waals surface area contributed by atoms with E-state index < -0.39 is 0 Å². The molecule has 1 aliphatic heterocycles. The first-order valence-electron chi connectivity index (χ1n) is 7.24. The zero-order valence-corrected chi connectivity index (χ0v) is 15.5. The maximum atomic E-state index is 4.73. The number of aryl methyl sites for hydroxylation is 2. The van der Waals surface area contributed by atoms with Gasteiger partial charge < -0.3 is 10.2 Å². The molecular formula is C14H25IN4S. The number of nitrogens with one attached hydrogen (secondary N) is 1. The fourth-order valence-electron chi connectivity index (χ4n) is 2.29. The van der Waals surface area contributed by atoms with Gasteiger partial charge in [0.2, 0.25) is 0 Å². The van der Waals surface area contributed by atoms with E-state index in [1.807, 2.05) is 0 Å². The van der Waals surface area contributed by atoms with Gasteiger partial charge in [-0.15, -0.1) is 35.3 Å². The third-order valence-corrected chi connectivity index (χ3v) is 4.24. The van der Waals surface area contributed by atoms with Gasteiger partial charge in [-0.2, -0.15) is 0 Å². The van der Waals surface area contributed by atoms with Crippen LogP contribution in [-0.4, -0.2) is 42.0 Å². The first kappa shape index (κ1) is 17.7. The van der Waals surface area contributed by atoms with Gasteiger partial charge in [-0.05, 0) is 33.1 Å². The van der Waals surface area contributed by atoms with Crippen molar-refractivity contribution in [2.24, 2.45) is 4.99 Å². The average molecular weight is 408 g/mol. The van der Waals surface area contributed by atoms with Gasteiger partial charge in [-0.1, -0.05) is 0 Å². The molecule has 1 fully saturated rings. The Morgan fingerprint density at radius 1 is 1.45 bits per heavy atom. The van der Waals surface area contributed by atoms with Crippen LogP contribution in [0.2, 0.25) is 0 Å². The minimum absolute atomic E-state index is 0. The second-order valence-electron chi connectivity index (χ2n) is 4.92. The minimum atomic E-state index is 0. The molecule has 1 saturated heterocycles. The van der Waals surface area contributed by atoms with Crippen LogP contribution in [0.4, 0.5) is 0 Å². The van der Waals surface area contributed by atoms with Crippen LogP contribution in [0, 0.1) is 6.92 Å². The van der Waals surface area contributed by atoms with E-state index in [1.54, 1.807) is 11.3 Å². The maximum Gasteiger partial charge on any atom is 0.193 e. The number of halogens is 1. The lowest BCUT2D eigenvalue weighted by Crippen LogP contribution is -2.39. The van der Waals surface area contributed by atoms with Crippen molar-refractivity contribution >= 4 is 41.3 Å². The standard InChI is InChI=1S/C14H24N4S.HI/c1-3-15-14(18-9-4-5-10-18)16-8-6-7-13-17-12(2)11-19-13;/h11H,3-10H2,1-2H3,(H,15,16);1H. The summed E-state index contributed by atoms with van der Waals surface area (Å²) in [5.41, 5.74) is 1.13. The van der Waals surface area contributed by atoms with Crippen molar-refractivity contribution in [2.45, 2.75) is 39.5 Å². The molecule has 0 aliphatic carbocycles. The number of hydrogen-bond acceptors (Lipinski definition) is 3. The summed E-state index contributed by atoms with van der Waals surface area (Å²) in [5.74, 6) is 1.09. The molecule has 1 aromatic rings. The number of rotatable bonds is 5. The fourth-order valence-corrected chi connectivity index (χ4v) is 3.11. The zero-order valence-electron chi connectivity index (χ0n) is 12.4. The number of aliphatic imine (C=N–C) groups is 1. The topological polar surface area (TPSA) is 40.5 Å². The number of guanidine groups is 1. The van der Waals surface area contributed by atoms with E-state index in [-0.39, 0.29) is 24.0 Å². The predicted octanol–water partition coefficient (Wildman–Crippen LogP) is 3.06. The van der Waals surface area contributed by atoms with Crippen molar-refractivity contribution in [1.82, 2.24) is 15.2 Å². The fraction of sp³-hybridized carbons (Fsp3) is 0.714. The highest BCUT2D eigenvalue weighted by molar-refractivity contribution is 14.0. The molecule has 0 atom stereocenters. The van der Waals surface area contributed by atoms with Gasteiger partial charge in [0.1, 0.15) is 0 Å². The lowest BCUT2D eigenvalue weighted by Gasteiger charge is -2.20. The van der Waals surface area contributed by atoms with E-state index in [1.165, 1.54) is 17.8 Å². The molecule has 0 aromatic carbocycles. The predicted molar refractivity (Wildman–Crippen MR) is 97.4 cm³/mol. The molecular weight excluding hydrogens is 383 g/mol. The number of thiazole rings is 1. The summed E-state index contributed by atoms with van der Waals surface area (Å²) in [6.45, 7) is 8.31. The van der Waals surface area contributed by atoms with E-state index >= 15 is 0 Å². The molecule has 0 spiro atoms. The molecule has 4 nitrogen and oxygen atoms in total. The summed E-state index contributed by atoms with van der Waals surface area (Å²) in [4.78, 5) is 11.6. The summed E-state index contributed by atoms with van der Waals surface area (Å²) in [6, 6.07) is 0. The van der Waals surface area contributed by atoms with Crippen molar-refractivity contribution in [3.63, 3.8) is 0 Å². The summed E-state index contributed by atoms with van der Waals surface area (Å²) in [7, 11) is 0. The van der Waals surface area contributed by atoms with Crippen LogP contribution in [-0.2, 0) is 6.42 Å². The van der Waals surface area contributed by atoms with Crippen LogP contribution < -0.4 is 5.32 Å². The maximum absolute atomic E-state index is 4.73. The first-order valence-corrected chi connectivity index (χ1v) is 8.12. The average Bonchev–Trinajstić information content (AvgIpc) is 3.04. The number of likely N-dealkylation sites (tertiary alicyclic amines) is 1. The van der Waals surface area contributed by atoms with E-state index in [0.29, 0.717) is 0 Å². The van der Waals surface area contributed by atoms with Crippen LogP contribution in [0.25, 0.3) is 0 Å². The highest BCUT2D eigenvalue weighted by Crippen LogP contribution is 2.11. The SMILES string of the molecule is CCNC(=NCCCc1nc(C)cs1)N1CCCC1.I. The van der Waals surface area contributed by atoms with Crippen LogP contribution in [0.3, 0.4) is 0 Å². The Morgan fingerprint density at radius 2 is 2.20 bits per heavy atom. The second kappa shape index (κ2) is 9.55. The summed E-state index contributed by atoms with van der Waals surface area (Å²) in [6.07, 6.45) is 4.71. The molecule has 114 valence electrons. The molecule has 1 N–H and O–H groups in total. The molecule has 0 unspecified atom stereocenters. The van der Waals surface area contributed by atoms with Crippen molar-refractivity contribution in [1.29, 1.82) is 0 Å². The van der Waals surface area contributed by atoms with Crippen LogP contribution in [0.5, 0.6) is 0 Å². The van der Waals surface area contributed by atoms with Crippen LogP contribution in [0.1, 0.15) is 36.9 Å². The van der Waals surface area contributed by atoms with Crippen molar-refractivity contribution in [3.05, 3.63) is 16.1 Å². The minimum Gasteiger partial charge on any atom is -0.357 e. The Morgan fingerprint density at radius 3 is 2.80 bits per heavy atom. The molecule has 2 rings (SSSR count). The Labute approximate surface area is 143 Å². The molecule has 2 heterocycles. The molecule has 0 amide bonds. The summed E-state index contributed by atoms with van der Waals surface area (Å²) in [5, 5.41) is 6.74. The summed E-state index contributed by atoms with van der Waals surface area (Å²) < 4.78 is 0. The van der Waals surface area contributed by atoms with Crippen molar-refractivity contribution in [2.75, 3.05) is 26.2 Å². The Balaban J connectivity index is 0.00000200. The quantitative estimate of drug-likeness (QED) is 0.352. The lowest BCUT2D eigenvalue weighted by atomic mass is 10.3. The third-order valence-electron chi connectivity index (χ3n) is 3.22. The normalized spacial score (nSPS) is 15.3. The highest BCUT2D eigenvalue weighted by atomic mass is 127.